The van der Waals surface area contributed by atoms with Crippen molar-refractivity contribution < 1.29 is 14.3 Å². The zero-order chi connectivity index (χ0) is 17.9. The van der Waals surface area contributed by atoms with E-state index in [1.54, 1.807) is 14.2 Å². The number of halogens is 1. The molecule has 0 radical (unpaired) electrons. The van der Waals surface area contributed by atoms with Crippen molar-refractivity contribution in [2.24, 2.45) is 4.99 Å². The number of hydrogen-bond acceptors (Lipinski definition) is 4. The molecule has 1 aromatic rings. The highest BCUT2D eigenvalue weighted by atomic mass is 127. The molecule has 1 saturated carbocycles. The van der Waals surface area contributed by atoms with Crippen LogP contribution >= 0.6 is 24.0 Å². The number of carbonyl (C=O) groups is 1. The second-order valence-electron chi connectivity index (χ2n) is 6.20. The number of nitrogens with one attached hydrogen (secondary N) is 2. The smallest absolute Gasteiger partial charge is 0.306 e. The molecular weight excluding hydrogens is 445 g/mol. The van der Waals surface area contributed by atoms with E-state index < -0.39 is 0 Å². The first kappa shape index (κ1) is 22.5. The van der Waals surface area contributed by atoms with E-state index in [4.69, 9.17) is 9.47 Å². The summed E-state index contributed by atoms with van der Waals surface area (Å²) < 4.78 is 10.7. The number of benzene rings is 1. The van der Waals surface area contributed by atoms with Gasteiger partial charge >= 0.3 is 5.97 Å². The van der Waals surface area contributed by atoms with Crippen LogP contribution in [0.5, 0.6) is 5.75 Å². The van der Waals surface area contributed by atoms with Crippen molar-refractivity contribution in [1.29, 1.82) is 0 Å². The summed E-state index contributed by atoms with van der Waals surface area (Å²) in [5.41, 5.74) is 1.11. The summed E-state index contributed by atoms with van der Waals surface area (Å²) in [5, 5.41) is 6.47. The monoisotopic (exact) mass is 475 g/mol. The van der Waals surface area contributed by atoms with Gasteiger partial charge in [-0.2, -0.15) is 0 Å². The van der Waals surface area contributed by atoms with E-state index in [9.17, 15) is 4.79 Å². The zero-order valence-electron chi connectivity index (χ0n) is 15.6. The van der Waals surface area contributed by atoms with Gasteiger partial charge in [0.15, 0.2) is 5.96 Å². The number of hydrogen-bond donors (Lipinski definition) is 2. The average molecular weight is 475 g/mol. The van der Waals surface area contributed by atoms with Crippen molar-refractivity contribution >= 4 is 35.9 Å². The van der Waals surface area contributed by atoms with E-state index in [1.807, 2.05) is 24.3 Å². The number of carbonyl (C=O) groups excluding carboxylic acids is 1. The minimum absolute atomic E-state index is 0. The van der Waals surface area contributed by atoms with Gasteiger partial charge < -0.3 is 20.1 Å². The lowest BCUT2D eigenvalue weighted by Crippen LogP contribution is -2.37. The number of ether oxygens (including phenoxy) is 2. The summed E-state index contributed by atoms with van der Waals surface area (Å²) in [6, 6.07) is 7.89. The molecule has 0 bridgehead atoms. The highest BCUT2D eigenvalue weighted by Crippen LogP contribution is 2.21. The maximum absolute atomic E-state index is 11.8. The Hall–Kier alpha value is -1.51. The normalized spacial score (nSPS) is 14.5. The first-order chi connectivity index (χ1) is 12.2. The van der Waals surface area contributed by atoms with E-state index >= 15 is 0 Å². The Balaban J connectivity index is 0.00000338. The highest BCUT2D eigenvalue weighted by molar-refractivity contribution is 14.0. The molecule has 0 aliphatic heterocycles. The van der Waals surface area contributed by atoms with Gasteiger partial charge in [0, 0.05) is 26.6 Å². The second kappa shape index (κ2) is 12.8. The van der Waals surface area contributed by atoms with Gasteiger partial charge in [0.1, 0.15) is 11.9 Å². The number of methoxy groups -OCH3 is 1. The third-order valence-corrected chi connectivity index (χ3v) is 4.27. The summed E-state index contributed by atoms with van der Waals surface area (Å²) in [5.74, 6) is 1.46. The van der Waals surface area contributed by atoms with Gasteiger partial charge in [0.05, 0.1) is 7.11 Å². The number of guanidine groups is 1. The van der Waals surface area contributed by atoms with Crippen LogP contribution in [-0.4, -0.2) is 38.7 Å². The molecule has 0 amide bonds. The molecule has 1 aliphatic rings. The first-order valence-electron chi connectivity index (χ1n) is 8.98. The molecule has 1 aliphatic carbocycles. The third kappa shape index (κ3) is 8.25. The summed E-state index contributed by atoms with van der Waals surface area (Å²) in [7, 11) is 3.39. The van der Waals surface area contributed by atoms with Gasteiger partial charge in [-0.15, -0.1) is 24.0 Å². The van der Waals surface area contributed by atoms with E-state index in [2.05, 4.69) is 15.6 Å². The molecule has 0 saturated heterocycles. The summed E-state index contributed by atoms with van der Waals surface area (Å²) in [4.78, 5) is 16.0. The lowest BCUT2D eigenvalue weighted by molar-refractivity contribution is -0.148. The lowest BCUT2D eigenvalue weighted by Gasteiger charge is -2.13. The van der Waals surface area contributed by atoms with Crippen molar-refractivity contribution in [3.63, 3.8) is 0 Å². The fraction of sp³-hybridized carbons (Fsp3) is 0.579. The number of nitrogens with zero attached hydrogens (tertiary/aromatic N) is 1. The van der Waals surface area contributed by atoms with E-state index in [0.29, 0.717) is 25.5 Å². The van der Waals surface area contributed by atoms with Crippen molar-refractivity contribution in [1.82, 2.24) is 10.6 Å². The Morgan fingerprint density at radius 2 is 2.04 bits per heavy atom. The molecule has 7 heteroatoms. The van der Waals surface area contributed by atoms with Crippen LogP contribution in [0, 0.1) is 0 Å². The number of esters is 1. The van der Waals surface area contributed by atoms with Crippen molar-refractivity contribution in [3.8, 4) is 5.75 Å². The van der Waals surface area contributed by atoms with E-state index in [0.717, 1.165) is 30.6 Å². The molecule has 0 heterocycles. The van der Waals surface area contributed by atoms with Gasteiger partial charge in [0.2, 0.25) is 0 Å². The predicted molar refractivity (Wildman–Crippen MR) is 114 cm³/mol. The Kier molecular flexibility index (Phi) is 11.1. The molecule has 0 spiro atoms. The topological polar surface area (TPSA) is 72.0 Å². The standard InChI is InChI=1S/C19H29N3O3.HI/c1-20-19(22-14-15-7-5-10-17(13-15)24-2)21-12-6-11-18(23)25-16-8-3-4-9-16;/h5,7,10,13,16H,3-4,6,8-9,11-12,14H2,1-2H3,(H2,20,21,22);1H. The number of rotatable bonds is 8. The highest BCUT2D eigenvalue weighted by Gasteiger charge is 2.18. The van der Waals surface area contributed by atoms with Crippen LogP contribution in [0.2, 0.25) is 0 Å². The molecule has 1 fully saturated rings. The summed E-state index contributed by atoms with van der Waals surface area (Å²) in [6.07, 6.45) is 5.71. The Labute approximate surface area is 173 Å². The Morgan fingerprint density at radius 1 is 1.27 bits per heavy atom. The molecule has 2 rings (SSSR count). The fourth-order valence-electron chi connectivity index (χ4n) is 2.88. The maximum atomic E-state index is 11.8. The SMILES string of the molecule is CN=C(NCCCC(=O)OC1CCCC1)NCc1cccc(OC)c1.I. The molecule has 1 aromatic carbocycles. The summed E-state index contributed by atoms with van der Waals surface area (Å²) in [6.45, 7) is 1.33. The van der Waals surface area contributed by atoms with E-state index in [-0.39, 0.29) is 36.0 Å². The molecular formula is C19H30IN3O3. The van der Waals surface area contributed by atoms with Crippen LogP contribution in [0.25, 0.3) is 0 Å². The van der Waals surface area contributed by atoms with Crippen molar-refractivity contribution in [2.45, 2.75) is 51.2 Å². The largest absolute Gasteiger partial charge is 0.497 e. The predicted octanol–water partition coefficient (Wildman–Crippen LogP) is 3.24. The van der Waals surface area contributed by atoms with Crippen LogP contribution in [0.3, 0.4) is 0 Å². The van der Waals surface area contributed by atoms with Crippen LogP contribution in [-0.2, 0) is 16.1 Å². The van der Waals surface area contributed by atoms with Crippen molar-refractivity contribution in [2.75, 3.05) is 20.7 Å². The molecule has 0 aromatic heterocycles. The van der Waals surface area contributed by atoms with Crippen LogP contribution in [0.1, 0.15) is 44.1 Å². The van der Waals surface area contributed by atoms with Gasteiger partial charge in [0.25, 0.3) is 0 Å². The fourth-order valence-corrected chi connectivity index (χ4v) is 2.88. The third-order valence-electron chi connectivity index (χ3n) is 4.27. The second-order valence-corrected chi connectivity index (χ2v) is 6.20. The Bertz CT molecular complexity index is 575. The molecule has 6 nitrogen and oxygen atoms in total. The van der Waals surface area contributed by atoms with Crippen LogP contribution < -0.4 is 15.4 Å². The van der Waals surface area contributed by atoms with Gasteiger partial charge in [-0.1, -0.05) is 12.1 Å². The Morgan fingerprint density at radius 3 is 2.73 bits per heavy atom. The van der Waals surface area contributed by atoms with Gasteiger partial charge in [-0.3, -0.25) is 9.79 Å². The maximum Gasteiger partial charge on any atom is 0.306 e. The number of aliphatic imine (C=N–C) groups is 1. The van der Waals surface area contributed by atoms with Crippen LogP contribution in [0.15, 0.2) is 29.3 Å². The van der Waals surface area contributed by atoms with Crippen molar-refractivity contribution in [3.05, 3.63) is 29.8 Å². The van der Waals surface area contributed by atoms with Crippen LogP contribution in [0.4, 0.5) is 0 Å². The summed E-state index contributed by atoms with van der Waals surface area (Å²) >= 11 is 0. The quantitative estimate of drug-likeness (QED) is 0.199. The zero-order valence-corrected chi connectivity index (χ0v) is 18.0. The minimum Gasteiger partial charge on any atom is -0.497 e. The first-order valence-corrected chi connectivity index (χ1v) is 8.98. The molecule has 146 valence electrons. The average Bonchev–Trinajstić information content (AvgIpc) is 3.14. The molecule has 26 heavy (non-hydrogen) atoms. The lowest BCUT2D eigenvalue weighted by atomic mass is 10.2. The van der Waals surface area contributed by atoms with Gasteiger partial charge in [-0.25, -0.2) is 0 Å². The molecule has 0 atom stereocenters. The molecule has 2 N–H and O–H groups in total. The van der Waals surface area contributed by atoms with Gasteiger partial charge in [-0.05, 0) is 49.8 Å². The molecule has 0 unspecified atom stereocenters. The minimum atomic E-state index is -0.0898. The van der Waals surface area contributed by atoms with E-state index in [1.165, 1.54) is 12.8 Å².